The molecular formula is C10H17NO. The zero-order chi connectivity index (χ0) is 9.07. The SMILES string of the molecule is C#CCCCCCCC=NOC. The molecule has 0 bridgehead atoms. The molecule has 0 amide bonds. The minimum atomic E-state index is 0.909. The fraction of sp³-hybridized carbons (Fsp3) is 0.700. The van der Waals surface area contributed by atoms with Gasteiger partial charge in [-0.25, -0.2) is 0 Å². The number of hydrogen-bond donors (Lipinski definition) is 0. The topological polar surface area (TPSA) is 21.6 Å². The third kappa shape index (κ3) is 9.03. The first-order valence-electron chi connectivity index (χ1n) is 4.40. The first kappa shape index (κ1) is 11.0. The van der Waals surface area contributed by atoms with Crippen LogP contribution < -0.4 is 0 Å². The minimum Gasteiger partial charge on any atom is -0.399 e. The molecule has 0 radical (unpaired) electrons. The van der Waals surface area contributed by atoms with Crippen molar-refractivity contribution < 1.29 is 4.84 Å². The van der Waals surface area contributed by atoms with Gasteiger partial charge in [0.15, 0.2) is 0 Å². The molecule has 0 aliphatic carbocycles. The van der Waals surface area contributed by atoms with Crippen LogP contribution in [0.3, 0.4) is 0 Å². The fourth-order valence-electron chi connectivity index (χ4n) is 0.943. The Kier molecular flexibility index (Phi) is 9.22. The van der Waals surface area contributed by atoms with Gasteiger partial charge in [0.2, 0.25) is 0 Å². The number of hydrogen-bond acceptors (Lipinski definition) is 2. The van der Waals surface area contributed by atoms with Crippen LogP contribution in [0.25, 0.3) is 0 Å². The lowest BCUT2D eigenvalue weighted by atomic mass is 10.1. The summed E-state index contributed by atoms with van der Waals surface area (Å²) < 4.78 is 0. The summed E-state index contributed by atoms with van der Waals surface area (Å²) in [5.74, 6) is 2.63. The van der Waals surface area contributed by atoms with Crippen LogP contribution in [0, 0.1) is 12.3 Å². The van der Waals surface area contributed by atoms with Gasteiger partial charge in [-0.1, -0.05) is 18.0 Å². The van der Waals surface area contributed by atoms with E-state index in [1.807, 2.05) is 0 Å². The van der Waals surface area contributed by atoms with Gasteiger partial charge in [0.25, 0.3) is 0 Å². The maximum absolute atomic E-state index is 5.12. The molecule has 0 fully saturated rings. The van der Waals surface area contributed by atoms with Crippen LogP contribution in [0.5, 0.6) is 0 Å². The summed E-state index contributed by atoms with van der Waals surface area (Å²) in [6.07, 6.45) is 13.6. The monoisotopic (exact) mass is 167 g/mol. The molecule has 0 atom stereocenters. The van der Waals surface area contributed by atoms with E-state index in [4.69, 9.17) is 6.42 Å². The highest BCUT2D eigenvalue weighted by Gasteiger charge is 1.87. The van der Waals surface area contributed by atoms with Gasteiger partial charge in [-0.3, -0.25) is 0 Å². The predicted molar refractivity (Wildman–Crippen MR) is 52.0 cm³/mol. The van der Waals surface area contributed by atoms with Crippen LogP contribution in [0.15, 0.2) is 5.16 Å². The van der Waals surface area contributed by atoms with E-state index in [9.17, 15) is 0 Å². The highest BCUT2D eigenvalue weighted by Crippen LogP contribution is 2.03. The molecule has 2 heteroatoms. The average molecular weight is 167 g/mol. The second kappa shape index (κ2) is 10.0. The van der Waals surface area contributed by atoms with Crippen LogP contribution in [0.4, 0.5) is 0 Å². The standard InChI is InChI=1S/C10H17NO/c1-3-4-5-6-7-8-9-10-11-12-2/h1,10H,4-9H2,2H3. The summed E-state index contributed by atoms with van der Waals surface area (Å²) in [6.45, 7) is 0. The normalized spacial score (nSPS) is 10.0. The van der Waals surface area contributed by atoms with Gasteiger partial charge in [0.05, 0.1) is 0 Å². The lowest BCUT2D eigenvalue weighted by Crippen LogP contribution is -1.80. The Morgan fingerprint density at radius 2 is 2.08 bits per heavy atom. The van der Waals surface area contributed by atoms with Crippen molar-refractivity contribution in [1.29, 1.82) is 0 Å². The van der Waals surface area contributed by atoms with Crippen molar-refractivity contribution in [1.82, 2.24) is 0 Å². The molecule has 0 saturated carbocycles. The van der Waals surface area contributed by atoms with Gasteiger partial charge in [-0.2, -0.15) is 0 Å². The highest BCUT2D eigenvalue weighted by atomic mass is 16.6. The summed E-state index contributed by atoms with van der Waals surface area (Å²) >= 11 is 0. The molecule has 0 rings (SSSR count). The van der Waals surface area contributed by atoms with E-state index in [0.29, 0.717) is 0 Å². The summed E-state index contributed by atoms with van der Waals surface area (Å²) in [5.41, 5.74) is 0. The molecule has 0 N–H and O–H groups in total. The molecular weight excluding hydrogens is 150 g/mol. The fourth-order valence-corrected chi connectivity index (χ4v) is 0.943. The zero-order valence-corrected chi connectivity index (χ0v) is 7.75. The van der Waals surface area contributed by atoms with Crippen LogP contribution in [0.2, 0.25) is 0 Å². The predicted octanol–water partition coefficient (Wildman–Crippen LogP) is 2.59. The minimum absolute atomic E-state index is 0.909. The van der Waals surface area contributed by atoms with E-state index < -0.39 is 0 Å². The Hall–Kier alpha value is -0.970. The molecule has 2 nitrogen and oxygen atoms in total. The van der Waals surface area contributed by atoms with Crippen LogP contribution >= 0.6 is 0 Å². The quantitative estimate of drug-likeness (QED) is 0.247. The van der Waals surface area contributed by atoms with E-state index in [-0.39, 0.29) is 0 Å². The maximum atomic E-state index is 5.12. The average Bonchev–Trinajstić information content (AvgIpc) is 2.10. The van der Waals surface area contributed by atoms with Gasteiger partial charge < -0.3 is 4.84 Å². The number of rotatable bonds is 7. The summed E-state index contributed by atoms with van der Waals surface area (Å²) in [6, 6.07) is 0. The molecule has 0 aliphatic heterocycles. The second-order valence-corrected chi connectivity index (χ2v) is 2.63. The second-order valence-electron chi connectivity index (χ2n) is 2.63. The van der Waals surface area contributed by atoms with Crippen molar-refractivity contribution in [2.24, 2.45) is 5.16 Å². The molecule has 0 spiro atoms. The lowest BCUT2D eigenvalue weighted by molar-refractivity contribution is 0.214. The van der Waals surface area contributed by atoms with Crippen molar-refractivity contribution in [3.8, 4) is 12.3 Å². The Labute approximate surface area is 75.0 Å². The maximum Gasteiger partial charge on any atom is 0.106 e. The molecule has 0 aliphatic rings. The van der Waals surface area contributed by atoms with Gasteiger partial charge in [-0.15, -0.1) is 12.3 Å². The van der Waals surface area contributed by atoms with E-state index in [0.717, 1.165) is 19.3 Å². The van der Waals surface area contributed by atoms with E-state index >= 15 is 0 Å². The first-order valence-corrected chi connectivity index (χ1v) is 4.40. The largest absolute Gasteiger partial charge is 0.399 e. The Morgan fingerprint density at radius 1 is 1.33 bits per heavy atom. The third-order valence-corrected chi connectivity index (χ3v) is 1.58. The van der Waals surface area contributed by atoms with Crippen molar-refractivity contribution in [2.75, 3.05) is 7.11 Å². The smallest absolute Gasteiger partial charge is 0.106 e. The van der Waals surface area contributed by atoms with Crippen molar-refractivity contribution >= 4 is 6.21 Å². The van der Waals surface area contributed by atoms with Gasteiger partial charge in [-0.05, 0) is 19.3 Å². The van der Waals surface area contributed by atoms with E-state index in [2.05, 4.69) is 15.9 Å². The molecule has 0 saturated heterocycles. The van der Waals surface area contributed by atoms with Crippen molar-refractivity contribution in [3.63, 3.8) is 0 Å². The summed E-state index contributed by atoms with van der Waals surface area (Å²) in [5, 5.41) is 3.65. The van der Waals surface area contributed by atoms with E-state index in [1.165, 1.54) is 19.3 Å². The lowest BCUT2D eigenvalue weighted by Gasteiger charge is -1.94. The van der Waals surface area contributed by atoms with Gasteiger partial charge in [0.1, 0.15) is 7.11 Å². The summed E-state index contributed by atoms with van der Waals surface area (Å²) in [4.78, 5) is 4.53. The molecule has 0 heterocycles. The van der Waals surface area contributed by atoms with Gasteiger partial charge >= 0.3 is 0 Å². The molecule has 0 aromatic heterocycles. The molecule has 0 aromatic rings. The van der Waals surface area contributed by atoms with Gasteiger partial charge in [0, 0.05) is 12.6 Å². The van der Waals surface area contributed by atoms with Crippen LogP contribution in [-0.2, 0) is 4.84 Å². The third-order valence-electron chi connectivity index (χ3n) is 1.58. The molecule has 68 valence electrons. The highest BCUT2D eigenvalue weighted by molar-refractivity contribution is 5.55. The van der Waals surface area contributed by atoms with E-state index in [1.54, 1.807) is 13.3 Å². The summed E-state index contributed by atoms with van der Waals surface area (Å²) in [7, 11) is 1.56. The van der Waals surface area contributed by atoms with Crippen molar-refractivity contribution in [3.05, 3.63) is 0 Å². The zero-order valence-electron chi connectivity index (χ0n) is 7.75. The number of terminal acetylenes is 1. The number of nitrogens with zero attached hydrogens (tertiary/aromatic N) is 1. The Morgan fingerprint density at radius 3 is 2.75 bits per heavy atom. The Bertz CT molecular complexity index is 146. The molecule has 0 aromatic carbocycles. The number of oxime groups is 1. The Balaban J connectivity index is 2.92. The van der Waals surface area contributed by atoms with Crippen LogP contribution in [-0.4, -0.2) is 13.3 Å². The number of unbranched alkanes of at least 4 members (excludes halogenated alkanes) is 5. The van der Waals surface area contributed by atoms with Crippen LogP contribution in [0.1, 0.15) is 38.5 Å². The molecule has 12 heavy (non-hydrogen) atoms. The molecule has 0 unspecified atom stereocenters. The van der Waals surface area contributed by atoms with Crippen molar-refractivity contribution in [2.45, 2.75) is 38.5 Å². The first-order chi connectivity index (χ1) is 5.91.